The molecule has 126 valence electrons. The van der Waals surface area contributed by atoms with Gasteiger partial charge in [0.15, 0.2) is 0 Å². The molecule has 0 radical (unpaired) electrons. The fourth-order valence-electron chi connectivity index (χ4n) is 2.24. The molecule has 5 nitrogen and oxygen atoms in total. The molecule has 0 fully saturated rings. The summed E-state index contributed by atoms with van der Waals surface area (Å²) in [7, 11) is 0. The first-order valence-electron chi connectivity index (χ1n) is 7.90. The van der Waals surface area contributed by atoms with Crippen LogP contribution in [0.3, 0.4) is 0 Å². The number of hydrogen-bond acceptors (Lipinski definition) is 5. The Morgan fingerprint density at radius 1 is 0.739 bits per heavy atom. The third-order valence-electron chi connectivity index (χ3n) is 3.25. The fraction of sp³-hybridized carbons (Fsp3) is 0.444. The third-order valence-corrected chi connectivity index (χ3v) is 3.25. The third kappa shape index (κ3) is 5.39. The van der Waals surface area contributed by atoms with Crippen molar-refractivity contribution in [3.8, 4) is 11.5 Å². The van der Waals surface area contributed by atoms with Crippen molar-refractivity contribution in [3.05, 3.63) is 36.4 Å². The molecular weight excluding hydrogens is 296 g/mol. The van der Waals surface area contributed by atoms with Gasteiger partial charge in [0.05, 0.1) is 26.4 Å². The van der Waals surface area contributed by atoms with Gasteiger partial charge in [-0.05, 0) is 19.1 Å². The van der Waals surface area contributed by atoms with Gasteiger partial charge in [0, 0.05) is 17.4 Å². The molecule has 0 heterocycles. The van der Waals surface area contributed by atoms with Crippen molar-refractivity contribution < 1.29 is 24.1 Å². The number of benzene rings is 2. The number of rotatable bonds is 11. The van der Waals surface area contributed by atoms with Crippen LogP contribution in [0.15, 0.2) is 36.4 Å². The van der Waals surface area contributed by atoms with Crippen molar-refractivity contribution in [2.45, 2.75) is 6.92 Å². The maximum absolute atomic E-state index is 8.67. The summed E-state index contributed by atoms with van der Waals surface area (Å²) in [6.45, 7) is 4.99. The van der Waals surface area contributed by atoms with Crippen molar-refractivity contribution in [1.29, 1.82) is 0 Å². The van der Waals surface area contributed by atoms with Crippen LogP contribution in [0.4, 0.5) is 0 Å². The van der Waals surface area contributed by atoms with E-state index in [2.05, 4.69) is 0 Å². The molecule has 0 aliphatic carbocycles. The minimum Gasteiger partial charge on any atom is -0.491 e. The summed E-state index contributed by atoms with van der Waals surface area (Å²) in [5, 5.41) is 10.7. The van der Waals surface area contributed by atoms with E-state index in [1.807, 2.05) is 43.3 Å². The smallest absolute Gasteiger partial charge is 0.127 e. The fourth-order valence-corrected chi connectivity index (χ4v) is 2.24. The van der Waals surface area contributed by atoms with Crippen molar-refractivity contribution >= 4 is 10.8 Å². The maximum atomic E-state index is 8.67. The van der Waals surface area contributed by atoms with E-state index in [1.54, 1.807) is 0 Å². The van der Waals surface area contributed by atoms with Crippen LogP contribution in [0.2, 0.25) is 0 Å². The van der Waals surface area contributed by atoms with Crippen LogP contribution in [0.1, 0.15) is 6.92 Å². The highest BCUT2D eigenvalue weighted by molar-refractivity contribution is 5.93. The van der Waals surface area contributed by atoms with Gasteiger partial charge in [0.2, 0.25) is 0 Å². The normalized spacial score (nSPS) is 10.9. The standard InChI is InChI=1S/C18H24O5/c1-2-20-11-13-22-17-7-3-6-16-15(17)5-4-8-18(16)23-14-12-21-10-9-19/h3-8,19H,2,9-14H2,1H3. The van der Waals surface area contributed by atoms with Crippen LogP contribution in [0.25, 0.3) is 10.8 Å². The van der Waals surface area contributed by atoms with Crippen LogP contribution in [0.5, 0.6) is 11.5 Å². The molecule has 0 aromatic heterocycles. The summed E-state index contributed by atoms with van der Waals surface area (Å²) in [6, 6.07) is 11.8. The van der Waals surface area contributed by atoms with Crippen LogP contribution in [-0.2, 0) is 9.47 Å². The Hall–Kier alpha value is -1.82. The molecule has 1 N–H and O–H groups in total. The van der Waals surface area contributed by atoms with E-state index >= 15 is 0 Å². The van der Waals surface area contributed by atoms with E-state index < -0.39 is 0 Å². The molecule has 0 amide bonds. The van der Waals surface area contributed by atoms with Gasteiger partial charge in [-0.1, -0.05) is 24.3 Å². The second-order valence-corrected chi connectivity index (χ2v) is 4.84. The van der Waals surface area contributed by atoms with Gasteiger partial charge in [-0.25, -0.2) is 0 Å². The molecular formula is C18H24O5. The summed E-state index contributed by atoms with van der Waals surface area (Å²) in [5.74, 6) is 1.62. The first kappa shape index (κ1) is 17.5. The lowest BCUT2D eigenvalue weighted by Crippen LogP contribution is -2.09. The van der Waals surface area contributed by atoms with Gasteiger partial charge in [0.25, 0.3) is 0 Å². The van der Waals surface area contributed by atoms with E-state index in [1.165, 1.54) is 0 Å². The molecule has 23 heavy (non-hydrogen) atoms. The van der Waals surface area contributed by atoms with E-state index in [0.717, 1.165) is 22.3 Å². The number of aliphatic hydroxyl groups excluding tert-OH is 1. The van der Waals surface area contributed by atoms with Crippen LogP contribution in [-0.4, -0.2) is 51.4 Å². The van der Waals surface area contributed by atoms with Crippen LogP contribution in [0, 0.1) is 0 Å². The monoisotopic (exact) mass is 320 g/mol. The Labute approximate surface area is 136 Å². The first-order chi connectivity index (χ1) is 11.4. The Bertz CT molecular complexity index is 585. The largest absolute Gasteiger partial charge is 0.491 e. The topological polar surface area (TPSA) is 57.2 Å². The molecule has 0 atom stereocenters. The van der Waals surface area contributed by atoms with Gasteiger partial charge in [-0.3, -0.25) is 0 Å². The molecule has 0 unspecified atom stereocenters. The van der Waals surface area contributed by atoms with Crippen molar-refractivity contribution in [2.75, 3.05) is 46.2 Å². The lowest BCUT2D eigenvalue weighted by molar-refractivity contribution is 0.0708. The van der Waals surface area contributed by atoms with E-state index in [0.29, 0.717) is 39.6 Å². The molecule has 0 aliphatic rings. The molecule has 5 heteroatoms. The molecule has 0 spiro atoms. The molecule has 0 saturated heterocycles. The minimum absolute atomic E-state index is 0.0245. The summed E-state index contributed by atoms with van der Waals surface area (Å²) in [4.78, 5) is 0. The Kier molecular flexibility index (Phi) is 7.66. The first-order valence-corrected chi connectivity index (χ1v) is 7.90. The van der Waals surface area contributed by atoms with Gasteiger partial charge in [-0.2, -0.15) is 0 Å². The number of aliphatic hydroxyl groups is 1. The summed E-state index contributed by atoms with van der Waals surface area (Å²) in [6.07, 6.45) is 0. The van der Waals surface area contributed by atoms with Gasteiger partial charge >= 0.3 is 0 Å². The predicted molar refractivity (Wildman–Crippen MR) is 89.3 cm³/mol. The van der Waals surface area contributed by atoms with E-state index in [4.69, 9.17) is 24.1 Å². The molecule has 0 bridgehead atoms. The zero-order valence-electron chi connectivity index (χ0n) is 13.5. The summed E-state index contributed by atoms with van der Waals surface area (Å²) < 4.78 is 22.1. The SMILES string of the molecule is CCOCCOc1cccc2c(OCCOCCO)cccc12. The van der Waals surface area contributed by atoms with Crippen molar-refractivity contribution in [1.82, 2.24) is 0 Å². The Morgan fingerprint density at radius 3 is 1.83 bits per heavy atom. The number of fused-ring (bicyclic) bond motifs is 1. The second kappa shape index (κ2) is 10.0. The average molecular weight is 320 g/mol. The summed E-state index contributed by atoms with van der Waals surface area (Å²) >= 11 is 0. The Balaban J connectivity index is 2.02. The lowest BCUT2D eigenvalue weighted by Gasteiger charge is -2.13. The number of ether oxygens (including phenoxy) is 4. The van der Waals surface area contributed by atoms with E-state index in [9.17, 15) is 0 Å². The molecule has 2 aromatic carbocycles. The molecule has 2 rings (SSSR count). The van der Waals surface area contributed by atoms with E-state index in [-0.39, 0.29) is 6.61 Å². The lowest BCUT2D eigenvalue weighted by atomic mass is 10.1. The molecule has 2 aromatic rings. The zero-order valence-corrected chi connectivity index (χ0v) is 13.5. The highest BCUT2D eigenvalue weighted by Crippen LogP contribution is 2.32. The molecule has 0 saturated carbocycles. The second-order valence-electron chi connectivity index (χ2n) is 4.84. The van der Waals surface area contributed by atoms with Crippen LogP contribution < -0.4 is 9.47 Å². The van der Waals surface area contributed by atoms with Crippen molar-refractivity contribution in [3.63, 3.8) is 0 Å². The van der Waals surface area contributed by atoms with Crippen molar-refractivity contribution in [2.24, 2.45) is 0 Å². The van der Waals surface area contributed by atoms with Gasteiger partial charge in [0.1, 0.15) is 24.7 Å². The Morgan fingerprint density at radius 2 is 1.30 bits per heavy atom. The highest BCUT2D eigenvalue weighted by atomic mass is 16.5. The average Bonchev–Trinajstić information content (AvgIpc) is 2.59. The zero-order chi connectivity index (χ0) is 16.3. The minimum atomic E-state index is 0.0245. The van der Waals surface area contributed by atoms with Crippen LogP contribution >= 0.6 is 0 Å². The molecule has 0 aliphatic heterocycles. The maximum Gasteiger partial charge on any atom is 0.127 e. The predicted octanol–water partition coefficient (Wildman–Crippen LogP) is 2.64. The van der Waals surface area contributed by atoms with Gasteiger partial charge in [-0.15, -0.1) is 0 Å². The quantitative estimate of drug-likeness (QED) is 0.645. The van der Waals surface area contributed by atoms with Gasteiger partial charge < -0.3 is 24.1 Å². The number of hydrogen-bond donors (Lipinski definition) is 1. The highest BCUT2D eigenvalue weighted by Gasteiger charge is 2.07. The summed E-state index contributed by atoms with van der Waals surface area (Å²) in [5.41, 5.74) is 0.